The second-order valence-corrected chi connectivity index (χ2v) is 21.0. The van der Waals surface area contributed by atoms with Gasteiger partial charge in [0.15, 0.2) is 12.6 Å². The van der Waals surface area contributed by atoms with Gasteiger partial charge in [0, 0.05) is 51.3 Å². The van der Waals surface area contributed by atoms with Gasteiger partial charge in [0.05, 0.1) is 42.0 Å². The summed E-state index contributed by atoms with van der Waals surface area (Å²) in [5.74, 6) is -2.95. The molecule has 18 atom stereocenters. The number of hydrogen-bond acceptors (Lipinski definition) is 15. The van der Waals surface area contributed by atoms with Crippen LogP contribution in [0.5, 0.6) is 0 Å². The lowest BCUT2D eigenvalue weighted by Crippen LogP contribution is -2.70. The lowest BCUT2D eigenvalue weighted by atomic mass is 9.75. The Bertz CT molecular complexity index is 1770. The maximum atomic E-state index is 14.6. The molecule has 4 aliphatic rings. The minimum Gasteiger partial charge on any atom is -0.459 e. The van der Waals surface area contributed by atoms with Crippen molar-refractivity contribution in [3.63, 3.8) is 0 Å². The second kappa shape index (κ2) is 22.7. The Balaban J connectivity index is 1.54. The molecule has 4 heterocycles. The molecule has 7 N–H and O–H groups in total. The van der Waals surface area contributed by atoms with Gasteiger partial charge in [-0.3, -0.25) is 9.69 Å². The van der Waals surface area contributed by atoms with E-state index in [0.29, 0.717) is 26.1 Å². The van der Waals surface area contributed by atoms with Crippen LogP contribution in [-0.2, 0) is 39.6 Å². The van der Waals surface area contributed by atoms with Crippen LogP contribution in [0, 0.1) is 17.8 Å². The lowest BCUT2D eigenvalue weighted by Gasteiger charge is -2.53. The van der Waals surface area contributed by atoms with Gasteiger partial charge in [-0.2, -0.15) is 0 Å². The number of carbonyl (C=O) groups is 2. The zero-order valence-corrected chi connectivity index (χ0v) is 42.6. The van der Waals surface area contributed by atoms with Crippen LogP contribution < -0.4 is 15.5 Å². The number of aliphatic hydroxyl groups is 5. The Hall–Kier alpha value is -2.52. The fourth-order valence-corrected chi connectivity index (χ4v) is 11.1. The summed E-state index contributed by atoms with van der Waals surface area (Å²) in [5, 5.41) is 67.2. The number of aliphatic hydroxyl groups excluding tert-OH is 2. The SMILES string of the molecule is CCCNC[C@]1(O)[C@H](C)O[C@@H](O[C@H]2[C@H](C)[C@@H](O[C@@H]3O[C@H](C)C[C@H](N(C)C(=O)N4CCCc5ccccc54)[C@H]3O)[C@](C)(O)C[C@@H](C)CN[C@H](C)[C@@H](O)[C@](C)(O)[C@@H](CC)OC(=O)[C@@H]2C)C[C@@]1(C)OC. The van der Waals surface area contributed by atoms with Crippen molar-refractivity contribution in [2.75, 3.05) is 45.2 Å². The van der Waals surface area contributed by atoms with Crippen LogP contribution in [0.15, 0.2) is 24.3 Å². The highest BCUT2D eigenvalue weighted by molar-refractivity contribution is 5.93. The average molecular weight is 951 g/mol. The van der Waals surface area contributed by atoms with E-state index in [2.05, 4.69) is 10.6 Å². The fraction of sp³-hybridized carbons (Fsp3) is 0.840. The first-order valence-corrected chi connectivity index (χ1v) is 24.8. The van der Waals surface area contributed by atoms with Crippen molar-refractivity contribution >= 4 is 17.7 Å². The number of anilines is 1. The predicted molar refractivity (Wildman–Crippen MR) is 253 cm³/mol. The molecule has 0 aromatic heterocycles. The van der Waals surface area contributed by atoms with Crippen LogP contribution in [0.2, 0.25) is 0 Å². The Morgan fingerprint density at radius 2 is 1.69 bits per heavy atom. The van der Waals surface area contributed by atoms with Gasteiger partial charge in [-0.05, 0) is 118 Å². The molecule has 17 nitrogen and oxygen atoms in total. The minimum absolute atomic E-state index is 0.0512. The number of likely N-dealkylation sites (N-methyl/N-ethyl adjacent to an activating group) is 1. The highest BCUT2D eigenvalue weighted by Gasteiger charge is 2.58. The molecule has 67 heavy (non-hydrogen) atoms. The summed E-state index contributed by atoms with van der Waals surface area (Å²) in [6.07, 6.45) is -6.60. The predicted octanol–water partition coefficient (Wildman–Crippen LogP) is 3.87. The van der Waals surface area contributed by atoms with Crippen molar-refractivity contribution in [3.8, 4) is 0 Å². The molecular weight excluding hydrogens is 865 g/mol. The van der Waals surface area contributed by atoms with Crippen molar-refractivity contribution in [1.82, 2.24) is 15.5 Å². The molecule has 4 aliphatic heterocycles. The number of para-hydroxylation sites is 1. The molecule has 384 valence electrons. The number of urea groups is 1. The highest BCUT2D eigenvalue weighted by atomic mass is 16.7. The van der Waals surface area contributed by atoms with Gasteiger partial charge in [0.1, 0.15) is 35.1 Å². The van der Waals surface area contributed by atoms with Gasteiger partial charge in [-0.25, -0.2) is 4.79 Å². The van der Waals surface area contributed by atoms with Gasteiger partial charge >= 0.3 is 12.0 Å². The van der Waals surface area contributed by atoms with Gasteiger partial charge in [0.2, 0.25) is 0 Å². The van der Waals surface area contributed by atoms with E-state index < -0.39 is 108 Å². The Labute approximate surface area is 399 Å². The largest absolute Gasteiger partial charge is 0.459 e. The van der Waals surface area contributed by atoms with Crippen molar-refractivity contribution in [2.45, 2.75) is 211 Å². The number of nitrogens with zero attached hydrogens (tertiary/aromatic N) is 2. The Morgan fingerprint density at radius 3 is 2.34 bits per heavy atom. The topological polar surface area (TPSA) is 221 Å². The highest BCUT2D eigenvalue weighted by Crippen LogP contribution is 2.43. The van der Waals surface area contributed by atoms with E-state index in [1.807, 2.05) is 45.0 Å². The van der Waals surface area contributed by atoms with Crippen LogP contribution in [0.1, 0.15) is 120 Å². The molecule has 3 fully saturated rings. The van der Waals surface area contributed by atoms with E-state index in [9.17, 15) is 35.1 Å². The molecule has 1 aromatic carbocycles. The lowest BCUT2D eigenvalue weighted by molar-refractivity contribution is -0.336. The first-order chi connectivity index (χ1) is 31.4. The molecule has 1 aromatic rings. The number of carbonyl (C=O) groups excluding carboxylic acids is 2. The molecular formula is C50H86N4O13. The molecule has 3 saturated heterocycles. The number of esters is 1. The smallest absolute Gasteiger partial charge is 0.324 e. The first kappa shape index (κ1) is 55.4. The summed E-state index contributed by atoms with van der Waals surface area (Å²) in [6.45, 7) is 21.1. The number of fused-ring (bicyclic) bond motifs is 1. The zero-order valence-electron chi connectivity index (χ0n) is 42.6. The standard InChI is InChI=1S/C50H86N4O13/c1-14-22-51-28-50(61)34(8)64-39(26-48(50,10)62-13)66-41-31(5)43(47(9,59)25-29(3)27-52-33(7)42(56)49(11,60)38(15-2)65-44(57)32(41)6)67-45-40(55)37(24-30(4)63-45)53(12)46(58)54-23-18-20-35-19-16-17-21-36(35)54/h16-17,19,21,29-34,37-43,45,51-52,55-56,59-61H,14-15,18,20,22-28H2,1-13H3/t29-,30-,31+,32-,33-,34+,37+,38-,39+,40-,41+,42-,43-,45+,47-,48-,49-,50+/m1/s1. The summed E-state index contributed by atoms with van der Waals surface area (Å²) in [7, 11) is 3.20. The normalized spacial score (nSPS) is 42.8. The van der Waals surface area contributed by atoms with Gasteiger partial charge in [-0.1, -0.05) is 45.9 Å². The fourth-order valence-electron chi connectivity index (χ4n) is 11.1. The zero-order chi connectivity index (χ0) is 49.8. The number of ether oxygens (including phenoxy) is 6. The van der Waals surface area contributed by atoms with Crippen LogP contribution in [-0.4, -0.2) is 173 Å². The summed E-state index contributed by atoms with van der Waals surface area (Å²) in [6, 6.07) is 6.20. The molecule has 17 heteroatoms. The number of nitrogens with one attached hydrogen (secondary N) is 2. The number of aryl methyl sites for hydroxylation is 1. The van der Waals surface area contributed by atoms with E-state index in [1.54, 1.807) is 65.3 Å². The molecule has 0 saturated carbocycles. The summed E-state index contributed by atoms with van der Waals surface area (Å²) >= 11 is 0. The summed E-state index contributed by atoms with van der Waals surface area (Å²) in [5.41, 5.74) is -4.27. The van der Waals surface area contributed by atoms with Crippen LogP contribution in [0.25, 0.3) is 0 Å². The van der Waals surface area contributed by atoms with E-state index in [0.717, 1.165) is 30.5 Å². The van der Waals surface area contributed by atoms with Gasteiger partial charge < -0.3 is 69.5 Å². The molecule has 0 bridgehead atoms. The third-order valence-electron chi connectivity index (χ3n) is 15.5. The average Bonchev–Trinajstić information content (AvgIpc) is 3.29. The van der Waals surface area contributed by atoms with Crippen molar-refractivity contribution < 1.29 is 63.5 Å². The number of cyclic esters (lactones) is 1. The summed E-state index contributed by atoms with van der Waals surface area (Å²) in [4.78, 5) is 32.2. The number of hydrogen-bond donors (Lipinski definition) is 7. The third kappa shape index (κ3) is 12.0. The molecule has 0 unspecified atom stereocenters. The Kier molecular flexibility index (Phi) is 18.8. The monoisotopic (exact) mass is 951 g/mol. The maximum absolute atomic E-state index is 14.6. The van der Waals surface area contributed by atoms with Crippen molar-refractivity contribution in [3.05, 3.63) is 29.8 Å². The second-order valence-electron chi connectivity index (χ2n) is 21.0. The maximum Gasteiger partial charge on any atom is 0.324 e. The van der Waals surface area contributed by atoms with Crippen LogP contribution >= 0.6 is 0 Å². The van der Waals surface area contributed by atoms with E-state index in [4.69, 9.17) is 28.4 Å². The Morgan fingerprint density at radius 1 is 1.00 bits per heavy atom. The van der Waals surface area contributed by atoms with Crippen LogP contribution in [0.4, 0.5) is 10.5 Å². The molecule has 5 rings (SSSR count). The molecule has 0 radical (unpaired) electrons. The summed E-state index contributed by atoms with van der Waals surface area (Å²) < 4.78 is 38.8. The number of rotatable bonds is 11. The first-order valence-electron chi connectivity index (χ1n) is 24.8. The number of benzene rings is 1. The number of amides is 2. The van der Waals surface area contributed by atoms with Crippen molar-refractivity contribution in [1.29, 1.82) is 0 Å². The molecule has 0 aliphatic carbocycles. The van der Waals surface area contributed by atoms with Gasteiger partial charge in [-0.15, -0.1) is 0 Å². The van der Waals surface area contributed by atoms with Gasteiger partial charge in [0.25, 0.3) is 0 Å². The third-order valence-corrected chi connectivity index (χ3v) is 15.5. The van der Waals surface area contributed by atoms with E-state index in [-0.39, 0.29) is 37.8 Å². The molecule has 2 amide bonds. The quantitative estimate of drug-likeness (QED) is 0.124. The minimum atomic E-state index is -1.86. The van der Waals surface area contributed by atoms with Crippen molar-refractivity contribution in [2.24, 2.45) is 17.8 Å². The van der Waals surface area contributed by atoms with Crippen LogP contribution in [0.3, 0.4) is 0 Å². The van der Waals surface area contributed by atoms with E-state index >= 15 is 0 Å². The molecule has 0 spiro atoms. The van der Waals surface area contributed by atoms with E-state index in [1.165, 1.54) is 14.0 Å². The number of methoxy groups -OCH3 is 1.